The van der Waals surface area contributed by atoms with Crippen LogP contribution >= 0.6 is 0 Å². The summed E-state index contributed by atoms with van der Waals surface area (Å²) in [5, 5.41) is 11.2. The minimum absolute atomic E-state index is 0.401. The first-order chi connectivity index (χ1) is 4.63. The minimum Gasteiger partial charge on any atom is -0.478 e. The van der Waals surface area contributed by atoms with E-state index in [9.17, 15) is 4.79 Å². The van der Waals surface area contributed by atoms with Crippen molar-refractivity contribution in [2.45, 2.75) is 19.9 Å². The lowest BCUT2D eigenvalue weighted by molar-refractivity contribution is -0.131. The number of nitrogens with one attached hydrogen (secondary N) is 1. The molecule has 0 aromatic carbocycles. The lowest BCUT2D eigenvalue weighted by Crippen LogP contribution is -2.22. The van der Waals surface area contributed by atoms with Gasteiger partial charge in [-0.05, 0) is 0 Å². The highest BCUT2D eigenvalue weighted by Crippen LogP contribution is 1.76. The number of hydrogen-bond acceptors (Lipinski definition) is 2. The van der Waals surface area contributed by atoms with Gasteiger partial charge >= 0.3 is 5.97 Å². The Morgan fingerprint density at radius 3 is 2.70 bits per heavy atom. The Labute approximate surface area is 60.7 Å². The zero-order valence-corrected chi connectivity index (χ0v) is 6.29. The van der Waals surface area contributed by atoms with Gasteiger partial charge in [-0.3, -0.25) is 0 Å². The average molecular weight is 143 g/mol. The third-order valence-corrected chi connectivity index (χ3v) is 0.904. The molecule has 2 N–H and O–H groups in total. The van der Waals surface area contributed by atoms with Crippen LogP contribution in [0, 0.1) is 0 Å². The molecule has 0 rings (SSSR count). The fourth-order valence-corrected chi connectivity index (χ4v) is 0.463. The van der Waals surface area contributed by atoms with Crippen molar-refractivity contribution in [1.29, 1.82) is 0 Å². The Hall–Kier alpha value is -0.830. The van der Waals surface area contributed by atoms with Crippen molar-refractivity contribution in [2.75, 3.05) is 6.54 Å². The number of hydrogen-bond donors (Lipinski definition) is 2. The Bertz CT molecular complexity index is 130. The maximum Gasteiger partial charge on any atom is 0.328 e. The van der Waals surface area contributed by atoms with Gasteiger partial charge in [0.05, 0.1) is 0 Å². The van der Waals surface area contributed by atoms with Crippen LogP contribution in [-0.2, 0) is 4.79 Å². The van der Waals surface area contributed by atoms with Gasteiger partial charge in [0, 0.05) is 18.7 Å². The average Bonchev–Trinajstić information content (AvgIpc) is 1.79. The summed E-state index contributed by atoms with van der Waals surface area (Å²) >= 11 is 0. The molecule has 0 spiro atoms. The largest absolute Gasteiger partial charge is 0.478 e. The van der Waals surface area contributed by atoms with Crippen LogP contribution in [0.1, 0.15) is 13.8 Å². The molecule has 0 aromatic rings. The van der Waals surface area contributed by atoms with Crippen molar-refractivity contribution in [3.05, 3.63) is 12.2 Å². The maximum absolute atomic E-state index is 9.93. The van der Waals surface area contributed by atoms with Gasteiger partial charge in [0.2, 0.25) is 0 Å². The van der Waals surface area contributed by atoms with Crippen LogP contribution in [0.2, 0.25) is 0 Å². The molecule has 0 heterocycles. The normalized spacial score (nSPS) is 11.1. The Balaban J connectivity index is 3.27. The van der Waals surface area contributed by atoms with E-state index in [-0.39, 0.29) is 0 Å². The van der Waals surface area contributed by atoms with E-state index in [2.05, 4.69) is 5.32 Å². The van der Waals surface area contributed by atoms with E-state index in [1.165, 1.54) is 0 Å². The van der Waals surface area contributed by atoms with E-state index in [0.29, 0.717) is 12.6 Å². The number of aliphatic carboxylic acids is 1. The lowest BCUT2D eigenvalue weighted by Gasteiger charge is -2.02. The lowest BCUT2D eigenvalue weighted by atomic mass is 10.4. The van der Waals surface area contributed by atoms with Gasteiger partial charge in [0.25, 0.3) is 0 Å². The summed E-state index contributed by atoms with van der Waals surface area (Å²) in [5.41, 5.74) is 0. The molecule has 0 aliphatic rings. The number of carbonyl (C=O) groups is 1. The monoisotopic (exact) mass is 143 g/mol. The fraction of sp³-hybridized carbons (Fsp3) is 0.571. The molecule has 0 fully saturated rings. The molecule has 0 unspecified atom stereocenters. The van der Waals surface area contributed by atoms with E-state index in [1.807, 2.05) is 13.8 Å². The van der Waals surface area contributed by atoms with Gasteiger partial charge in [-0.1, -0.05) is 19.9 Å². The SMILES string of the molecule is CC(C)NCC=CC(=O)O. The first-order valence-corrected chi connectivity index (χ1v) is 3.25. The molecule has 3 nitrogen and oxygen atoms in total. The highest BCUT2D eigenvalue weighted by atomic mass is 16.4. The highest BCUT2D eigenvalue weighted by molar-refractivity contribution is 5.79. The van der Waals surface area contributed by atoms with E-state index in [1.54, 1.807) is 6.08 Å². The quantitative estimate of drug-likeness (QED) is 0.567. The summed E-state index contributed by atoms with van der Waals surface area (Å²) in [4.78, 5) is 9.93. The Morgan fingerprint density at radius 1 is 1.70 bits per heavy atom. The number of carboxylic acid groups (broad SMARTS) is 1. The van der Waals surface area contributed by atoms with Crippen LogP contribution in [-0.4, -0.2) is 23.7 Å². The van der Waals surface area contributed by atoms with Crippen molar-refractivity contribution in [2.24, 2.45) is 0 Å². The minimum atomic E-state index is -0.898. The third kappa shape index (κ3) is 7.17. The van der Waals surface area contributed by atoms with Gasteiger partial charge in [0.15, 0.2) is 0 Å². The predicted octanol–water partition coefficient (Wildman–Crippen LogP) is 0.625. The third-order valence-electron chi connectivity index (χ3n) is 0.904. The van der Waals surface area contributed by atoms with Crippen molar-refractivity contribution in [3.63, 3.8) is 0 Å². The van der Waals surface area contributed by atoms with Crippen LogP contribution in [0.4, 0.5) is 0 Å². The van der Waals surface area contributed by atoms with Gasteiger partial charge < -0.3 is 10.4 Å². The summed E-state index contributed by atoms with van der Waals surface area (Å²) < 4.78 is 0. The van der Waals surface area contributed by atoms with E-state index < -0.39 is 5.97 Å². The first-order valence-electron chi connectivity index (χ1n) is 3.25. The summed E-state index contributed by atoms with van der Waals surface area (Å²) in [6.07, 6.45) is 2.72. The predicted molar refractivity (Wildman–Crippen MR) is 39.9 cm³/mol. The zero-order chi connectivity index (χ0) is 7.98. The second-order valence-electron chi connectivity index (χ2n) is 2.30. The zero-order valence-electron chi connectivity index (χ0n) is 6.29. The van der Waals surface area contributed by atoms with Gasteiger partial charge in [-0.2, -0.15) is 0 Å². The second-order valence-corrected chi connectivity index (χ2v) is 2.30. The molecule has 0 aliphatic carbocycles. The van der Waals surface area contributed by atoms with Crippen molar-refractivity contribution >= 4 is 5.97 Å². The number of carboxylic acids is 1. The van der Waals surface area contributed by atoms with Crippen LogP contribution in [0.15, 0.2) is 12.2 Å². The molecular formula is C7H13NO2. The molecule has 10 heavy (non-hydrogen) atoms. The second kappa shape index (κ2) is 4.99. The summed E-state index contributed by atoms with van der Waals surface area (Å²) in [6, 6.07) is 0.401. The Morgan fingerprint density at radius 2 is 2.30 bits per heavy atom. The summed E-state index contributed by atoms with van der Waals surface area (Å²) in [6.45, 7) is 4.63. The summed E-state index contributed by atoms with van der Waals surface area (Å²) in [5.74, 6) is -0.898. The Kier molecular flexibility index (Phi) is 4.58. The molecule has 0 atom stereocenters. The molecule has 0 saturated heterocycles. The standard InChI is InChI=1S/C7H13NO2/c1-6(2)8-5-3-4-7(9)10/h3-4,6,8H,5H2,1-2H3,(H,9,10). The topological polar surface area (TPSA) is 49.3 Å². The van der Waals surface area contributed by atoms with Crippen LogP contribution in [0.5, 0.6) is 0 Å². The maximum atomic E-state index is 9.93. The van der Waals surface area contributed by atoms with Gasteiger partial charge in [0.1, 0.15) is 0 Å². The molecule has 0 radical (unpaired) electrons. The molecular weight excluding hydrogens is 130 g/mol. The van der Waals surface area contributed by atoms with Crippen molar-refractivity contribution in [1.82, 2.24) is 5.32 Å². The molecule has 0 aliphatic heterocycles. The molecule has 58 valence electrons. The highest BCUT2D eigenvalue weighted by Gasteiger charge is 1.87. The van der Waals surface area contributed by atoms with Crippen LogP contribution in [0.25, 0.3) is 0 Å². The van der Waals surface area contributed by atoms with Crippen LogP contribution in [0.3, 0.4) is 0 Å². The van der Waals surface area contributed by atoms with E-state index in [0.717, 1.165) is 6.08 Å². The van der Waals surface area contributed by atoms with E-state index >= 15 is 0 Å². The molecule has 3 heteroatoms. The smallest absolute Gasteiger partial charge is 0.328 e. The molecule has 0 bridgehead atoms. The first kappa shape index (κ1) is 9.17. The molecule has 0 aromatic heterocycles. The fourth-order valence-electron chi connectivity index (χ4n) is 0.463. The van der Waals surface area contributed by atoms with Crippen molar-refractivity contribution in [3.8, 4) is 0 Å². The van der Waals surface area contributed by atoms with Gasteiger partial charge in [-0.15, -0.1) is 0 Å². The molecule has 0 saturated carbocycles. The van der Waals surface area contributed by atoms with Gasteiger partial charge in [-0.25, -0.2) is 4.79 Å². The van der Waals surface area contributed by atoms with E-state index in [4.69, 9.17) is 5.11 Å². The van der Waals surface area contributed by atoms with Crippen LogP contribution < -0.4 is 5.32 Å². The van der Waals surface area contributed by atoms with Crippen molar-refractivity contribution < 1.29 is 9.90 Å². The number of rotatable bonds is 4. The summed E-state index contributed by atoms with van der Waals surface area (Å²) in [7, 11) is 0. The molecule has 0 amide bonds.